The SMILES string of the molecule is COC(=O)Cc1cc(N2CCN(C(=O)OC(C)(C)C)CC2)cc(COCC(=O)O)c1C. The van der Waals surface area contributed by atoms with E-state index in [0.29, 0.717) is 26.2 Å². The second kappa shape index (κ2) is 10.5. The van der Waals surface area contributed by atoms with Gasteiger partial charge in [-0.1, -0.05) is 0 Å². The van der Waals surface area contributed by atoms with Crippen molar-refractivity contribution in [2.45, 2.75) is 46.3 Å². The first-order chi connectivity index (χ1) is 14.5. The number of nitrogens with zero attached hydrogens (tertiary/aromatic N) is 2. The molecule has 0 saturated carbocycles. The van der Waals surface area contributed by atoms with E-state index < -0.39 is 18.2 Å². The van der Waals surface area contributed by atoms with Gasteiger partial charge in [0.1, 0.15) is 12.2 Å². The lowest BCUT2D eigenvalue weighted by atomic mass is 9.98. The molecule has 172 valence electrons. The van der Waals surface area contributed by atoms with E-state index in [1.807, 2.05) is 39.8 Å². The van der Waals surface area contributed by atoms with Gasteiger partial charge in [0.15, 0.2) is 0 Å². The van der Waals surface area contributed by atoms with Crippen molar-refractivity contribution in [3.63, 3.8) is 0 Å². The minimum atomic E-state index is -1.04. The lowest BCUT2D eigenvalue weighted by molar-refractivity contribution is -0.142. The maximum Gasteiger partial charge on any atom is 0.410 e. The molecule has 0 radical (unpaired) electrons. The molecule has 1 aliphatic heterocycles. The summed E-state index contributed by atoms with van der Waals surface area (Å²) in [6.07, 6.45) is -0.217. The summed E-state index contributed by atoms with van der Waals surface area (Å²) in [5, 5.41) is 8.83. The summed E-state index contributed by atoms with van der Waals surface area (Å²) < 4.78 is 15.5. The molecule has 1 N–H and O–H groups in total. The highest BCUT2D eigenvalue weighted by atomic mass is 16.6. The highest BCUT2D eigenvalue weighted by molar-refractivity contribution is 5.74. The molecule has 1 saturated heterocycles. The summed E-state index contributed by atoms with van der Waals surface area (Å²) in [5.41, 5.74) is 2.83. The van der Waals surface area contributed by atoms with Crippen LogP contribution in [0.3, 0.4) is 0 Å². The first kappa shape index (κ1) is 24.5. The molecule has 2 rings (SSSR count). The summed E-state index contributed by atoms with van der Waals surface area (Å²) >= 11 is 0. The van der Waals surface area contributed by atoms with Gasteiger partial charge in [-0.3, -0.25) is 4.79 Å². The van der Waals surface area contributed by atoms with Gasteiger partial charge in [0, 0.05) is 31.9 Å². The van der Waals surface area contributed by atoms with Crippen LogP contribution in [0.25, 0.3) is 0 Å². The number of carbonyl (C=O) groups excluding carboxylic acids is 2. The van der Waals surface area contributed by atoms with Crippen molar-refractivity contribution in [1.82, 2.24) is 4.90 Å². The monoisotopic (exact) mass is 436 g/mol. The standard InChI is InChI=1S/C22H32N2O7/c1-15-16(12-20(27)29-5)10-18(11-17(15)13-30-14-19(25)26)23-6-8-24(9-7-23)21(28)31-22(2,3)4/h10-11H,6-9,12-14H2,1-5H3,(H,25,26). The third-order valence-electron chi connectivity index (χ3n) is 4.95. The number of carboxylic acid groups (broad SMARTS) is 1. The zero-order chi connectivity index (χ0) is 23.2. The topological polar surface area (TPSA) is 106 Å². The fourth-order valence-corrected chi connectivity index (χ4v) is 3.29. The van der Waals surface area contributed by atoms with Crippen molar-refractivity contribution in [1.29, 1.82) is 0 Å². The van der Waals surface area contributed by atoms with Crippen LogP contribution in [0, 0.1) is 6.92 Å². The summed E-state index contributed by atoms with van der Waals surface area (Å²) in [6, 6.07) is 3.89. The Hall–Kier alpha value is -2.81. The number of hydrogen-bond donors (Lipinski definition) is 1. The predicted molar refractivity (Wildman–Crippen MR) is 114 cm³/mol. The number of carboxylic acids is 1. The van der Waals surface area contributed by atoms with E-state index >= 15 is 0 Å². The number of esters is 1. The zero-order valence-electron chi connectivity index (χ0n) is 18.9. The first-order valence-electron chi connectivity index (χ1n) is 10.2. The van der Waals surface area contributed by atoms with Gasteiger partial charge < -0.3 is 29.1 Å². The first-order valence-corrected chi connectivity index (χ1v) is 10.2. The highest BCUT2D eigenvalue weighted by Gasteiger charge is 2.26. The van der Waals surface area contributed by atoms with Crippen molar-refractivity contribution >= 4 is 23.7 Å². The zero-order valence-corrected chi connectivity index (χ0v) is 18.9. The van der Waals surface area contributed by atoms with Crippen molar-refractivity contribution in [3.05, 3.63) is 28.8 Å². The lowest BCUT2D eigenvalue weighted by Gasteiger charge is -2.37. The van der Waals surface area contributed by atoms with Crippen LogP contribution in [0.2, 0.25) is 0 Å². The van der Waals surface area contributed by atoms with Crippen LogP contribution >= 0.6 is 0 Å². The number of carbonyl (C=O) groups is 3. The molecule has 9 heteroatoms. The van der Waals surface area contributed by atoms with E-state index in [1.165, 1.54) is 7.11 Å². The molecule has 0 aromatic heterocycles. The average molecular weight is 437 g/mol. The lowest BCUT2D eigenvalue weighted by Crippen LogP contribution is -2.50. The Morgan fingerprint density at radius 1 is 1.06 bits per heavy atom. The average Bonchev–Trinajstić information content (AvgIpc) is 2.69. The van der Waals surface area contributed by atoms with Crippen LogP contribution < -0.4 is 4.90 Å². The molecular weight excluding hydrogens is 404 g/mol. The minimum absolute atomic E-state index is 0.111. The Morgan fingerprint density at radius 2 is 1.68 bits per heavy atom. The fraction of sp³-hybridized carbons (Fsp3) is 0.591. The van der Waals surface area contributed by atoms with Gasteiger partial charge >= 0.3 is 18.0 Å². The number of aliphatic carboxylic acids is 1. The van der Waals surface area contributed by atoms with Gasteiger partial charge in [0.05, 0.1) is 20.1 Å². The number of methoxy groups -OCH3 is 1. The van der Waals surface area contributed by atoms with Crippen molar-refractivity contribution in [2.24, 2.45) is 0 Å². The smallest absolute Gasteiger partial charge is 0.410 e. The van der Waals surface area contributed by atoms with Gasteiger partial charge in [-0.25, -0.2) is 9.59 Å². The maximum absolute atomic E-state index is 12.3. The summed E-state index contributed by atoms with van der Waals surface area (Å²) in [7, 11) is 1.34. The minimum Gasteiger partial charge on any atom is -0.480 e. The third kappa shape index (κ3) is 7.43. The van der Waals surface area contributed by atoms with E-state index in [4.69, 9.17) is 19.3 Å². The van der Waals surface area contributed by atoms with E-state index in [2.05, 4.69) is 4.90 Å². The van der Waals surface area contributed by atoms with Crippen LogP contribution in [0.15, 0.2) is 12.1 Å². The fourth-order valence-electron chi connectivity index (χ4n) is 3.29. The number of piperazine rings is 1. The van der Waals surface area contributed by atoms with Crippen LogP contribution in [0.1, 0.15) is 37.5 Å². The maximum atomic E-state index is 12.3. The van der Waals surface area contributed by atoms with E-state index in [1.54, 1.807) is 4.90 Å². The molecule has 1 aromatic rings. The van der Waals surface area contributed by atoms with Crippen LogP contribution in [-0.2, 0) is 36.8 Å². The van der Waals surface area contributed by atoms with Gasteiger partial charge in [0.2, 0.25) is 0 Å². The molecule has 0 bridgehead atoms. The number of anilines is 1. The molecule has 1 amide bonds. The van der Waals surface area contributed by atoms with Crippen LogP contribution in [0.5, 0.6) is 0 Å². The number of amides is 1. The Labute approximate surface area is 182 Å². The van der Waals surface area contributed by atoms with Crippen LogP contribution in [0.4, 0.5) is 10.5 Å². The number of hydrogen-bond acceptors (Lipinski definition) is 7. The predicted octanol–water partition coefficient (Wildman–Crippen LogP) is 2.37. The number of ether oxygens (including phenoxy) is 3. The molecule has 0 atom stereocenters. The highest BCUT2D eigenvalue weighted by Crippen LogP contribution is 2.26. The normalized spacial score (nSPS) is 14.4. The Kier molecular flexibility index (Phi) is 8.27. The van der Waals surface area contributed by atoms with Crippen LogP contribution in [-0.4, -0.2) is 73.5 Å². The second-order valence-electron chi connectivity index (χ2n) is 8.48. The molecule has 0 spiro atoms. The Bertz CT molecular complexity index is 809. The van der Waals surface area contributed by atoms with Gasteiger partial charge in [-0.15, -0.1) is 0 Å². The summed E-state index contributed by atoms with van der Waals surface area (Å²) in [4.78, 5) is 38.8. The number of benzene rings is 1. The van der Waals surface area contributed by atoms with E-state index in [9.17, 15) is 14.4 Å². The van der Waals surface area contributed by atoms with Crippen molar-refractivity contribution in [2.75, 3.05) is 44.8 Å². The van der Waals surface area contributed by atoms with Crippen molar-refractivity contribution in [3.8, 4) is 0 Å². The molecular formula is C22H32N2O7. The van der Waals surface area contributed by atoms with Gasteiger partial charge in [-0.2, -0.15) is 0 Å². The second-order valence-corrected chi connectivity index (χ2v) is 8.48. The molecule has 1 fully saturated rings. The molecule has 1 heterocycles. The molecule has 1 aliphatic rings. The molecule has 0 aliphatic carbocycles. The Morgan fingerprint density at radius 3 is 2.23 bits per heavy atom. The van der Waals surface area contributed by atoms with E-state index in [0.717, 1.165) is 22.4 Å². The summed E-state index contributed by atoms with van der Waals surface area (Å²) in [6.45, 7) is 9.36. The molecule has 1 aromatic carbocycles. The molecule has 0 unspecified atom stereocenters. The van der Waals surface area contributed by atoms with Gasteiger partial charge in [-0.05, 0) is 56.5 Å². The third-order valence-corrected chi connectivity index (χ3v) is 4.95. The quantitative estimate of drug-likeness (QED) is 0.650. The largest absolute Gasteiger partial charge is 0.480 e. The molecule has 31 heavy (non-hydrogen) atoms. The van der Waals surface area contributed by atoms with Crippen molar-refractivity contribution < 1.29 is 33.7 Å². The number of rotatable bonds is 7. The van der Waals surface area contributed by atoms with E-state index in [-0.39, 0.29) is 25.1 Å². The molecule has 9 nitrogen and oxygen atoms in total. The summed E-state index contributed by atoms with van der Waals surface area (Å²) in [5.74, 6) is -1.39. The Balaban J connectivity index is 2.17. The van der Waals surface area contributed by atoms with Gasteiger partial charge in [0.25, 0.3) is 0 Å².